The molecule has 4 heteroatoms. The summed E-state index contributed by atoms with van der Waals surface area (Å²) in [4.78, 5) is 17.1. The summed E-state index contributed by atoms with van der Waals surface area (Å²) in [6.45, 7) is 4.13. The van der Waals surface area contributed by atoms with Gasteiger partial charge in [0, 0.05) is 19.3 Å². The fraction of sp³-hybridized carbons (Fsp3) is 0.455. The second-order valence-electron chi connectivity index (χ2n) is 4.05. The van der Waals surface area contributed by atoms with Crippen molar-refractivity contribution in [1.29, 1.82) is 0 Å². The highest BCUT2D eigenvalue weighted by molar-refractivity contribution is 5.88. The topological polar surface area (TPSA) is 53.4 Å². The number of carboxylic acid groups (broad SMARTS) is 1. The van der Waals surface area contributed by atoms with Gasteiger partial charge in [-0.1, -0.05) is 6.92 Å². The van der Waals surface area contributed by atoms with Crippen molar-refractivity contribution in [2.75, 3.05) is 18.0 Å². The van der Waals surface area contributed by atoms with E-state index in [-0.39, 0.29) is 0 Å². The molecular formula is C11H14N2O2. The smallest absolute Gasteiger partial charge is 0.335 e. The van der Waals surface area contributed by atoms with Crippen molar-refractivity contribution < 1.29 is 9.90 Å². The molecule has 1 saturated heterocycles. The Morgan fingerprint density at radius 1 is 1.67 bits per heavy atom. The molecule has 2 heterocycles. The number of nitrogens with zero attached hydrogens (tertiary/aromatic N) is 2. The number of carboxylic acids is 1. The molecule has 4 nitrogen and oxygen atoms in total. The summed E-state index contributed by atoms with van der Waals surface area (Å²) in [5.74, 6) is 0.547. The van der Waals surface area contributed by atoms with Crippen LogP contribution in [0.15, 0.2) is 18.3 Å². The molecule has 1 aromatic heterocycles. The van der Waals surface area contributed by atoms with Crippen molar-refractivity contribution in [3.8, 4) is 0 Å². The lowest BCUT2D eigenvalue weighted by Gasteiger charge is -2.16. The Labute approximate surface area is 88.6 Å². The molecule has 1 fully saturated rings. The van der Waals surface area contributed by atoms with Crippen LogP contribution in [0, 0.1) is 5.92 Å². The molecule has 2 rings (SSSR count). The second-order valence-corrected chi connectivity index (χ2v) is 4.05. The molecule has 0 saturated carbocycles. The van der Waals surface area contributed by atoms with Gasteiger partial charge in [0.1, 0.15) is 5.82 Å². The van der Waals surface area contributed by atoms with Gasteiger partial charge in [-0.3, -0.25) is 0 Å². The molecule has 0 spiro atoms. The van der Waals surface area contributed by atoms with Crippen LogP contribution in [0.4, 0.5) is 5.82 Å². The van der Waals surface area contributed by atoms with Crippen molar-refractivity contribution >= 4 is 11.8 Å². The molecule has 1 aliphatic rings. The molecule has 80 valence electrons. The zero-order valence-corrected chi connectivity index (χ0v) is 8.68. The molecule has 1 aliphatic heterocycles. The third-order valence-corrected chi connectivity index (χ3v) is 2.74. The van der Waals surface area contributed by atoms with Gasteiger partial charge in [0.15, 0.2) is 0 Å². The van der Waals surface area contributed by atoms with Crippen LogP contribution in [0.1, 0.15) is 23.7 Å². The van der Waals surface area contributed by atoms with E-state index in [1.165, 1.54) is 6.07 Å². The Bertz CT molecular complexity index is 379. The van der Waals surface area contributed by atoms with E-state index in [0.717, 1.165) is 25.3 Å². The third kappa shape index (κ3) is 2.09. The normalized spacial score (nSPS) is 20.6. The van der Waals surface area contributed by atoms with E-state index in [2.05, 4.69) is 16.8 Å². The quantitative estimate of drug-likeness (QED) is 0.799. The average Bonchev–Trinajstić information content (AvgIpc) is 2.65. The number of carbonyl (C=O) groups is 1. The number of aromatic carboxylic acids is 1. The standard InChI is InChI=1S/C11H14N2O2/c1-8-3-5-13(7-8)10-6-9(11(14)15)2-4-12-10/h2,4,6,8H,3,5,7H2,1H3,(H,14,15). The Balaban J connectivity index is 2.21. The van der Waals surface area contributed by atoms with Crippen LogP contribution in [0.3, 0.4) is 0 Å². The van der Waals surface area contributed by atoms with E-state index in [0.29, 0.717) is 11.5 Å². The van der Waals surface area contributed by atoms with Crippen LogP contribution in [-0.4, -0.2) is 29.1 Å². The first-order valence-electron chi connectivity index (χ1n) is 5.11. The first-order chi connectivity index (χ1) is 7.16. The summed E-state index contributed by atoms with van der Waals surface area (Å²) in [6.07, 6.45) is 2.71. The number of hydrogen-bond acceptors (Lipinski definition) is 3. The lowest BCUT2D eigenvalue weighted by molar-refractivity contribution is 0.0697. The Morgan fingerprint density at radius 2 is 2.47 bits per heavy atom. The number of hydrogen-bond donors (Lipinski definition) is 1. The van der Waals surface area contributed by atoms with Gasteiger partial charge in [0.05, 0.1) is 5.56 Å². The molecule has 1 unspecified atom stereocenters. The first kappa shape index (κ1) is 9.96. The maximum atomic E-state index is 10.8. The number of pyridine rings is 1. The minimum Gasteiger partial charge on any atom is -0.478 e. The second kappa shape index (κ2) is 3.88. The summed E-state index contributed by atoms with van der Waals surface area (Å²) < 4.78 is 0. The molecule has 0 bridgehead atoms. The van der Waals surface area contributed by atoms with Gasteiger partial charge in [0.25, 0.3) is 0 Å². The van der Waals surface area contributed by atoms with Crippen LogP contribution in [0.2, 0.25) is 0 Å². The molecule has 0 amide bonds. The highest BCUT2D eigenvalue weighted by Crippen LogP contribution is 2.21. The van der Waals surface area contributed by atoms with Gasteiger partial charge in [-0.05, 0) is 24.5 Å². The molecule has 1 N–H and O–H groups in total. The zero-order chi connectivity index (χ0) is 10.8. The number of aromatic nitrogens is 1. The maximum absolute atomic E-state index is 10.8. The van der Waals surface area contributed by atoms with E-state index >= 15 is 0 Å². The minimum absolute atomic E-state index is 0.305. The lowest BCUT2D eigenvalue weighted by Crippen LogP contribution is -2.20. The summed E-state index contributed by atoms with van der Waals surface area (Å²) in [7, 11) is 0. The van der Waals surface area contributed by atoms with Crippen LogP contribution < -0.4 is 4.90 Å². The molecule has 15 heavy (non-hydrogen) atoms. The van der Waals surface area contributed by atoms with Crippen LogP contribution in [-0.2, 0) is 0 Å². The average molecular weight is 206 g/mol. The highest BCUT2D eigenvalue weighted by Gasteiger charge is 2.20. The highest BCUT2D eigenvalue weighted by atomic mass is 16.4. The molecule has 1 aromatic rings. The predicted molar refractivity (Wildman–Crippen MR) is 57.2 cm³/mol. The van der Waals surface area contributed by atoms with Gasteiger partial charge < -0.3 is 10.0 Å². The molecule has 0 aliphatic carbocycles. The van der Waals surface area contributed by atoms with Crippen molar-refractivity contribution in [2.24, 2.45) is 5.92 Å². The summed E-state index contributed by atoms with van der Waals surface area (Å²) in [5, 5.41) is 8.86. The van der Waals surface area contributed by atoms with Crippen molar-refractivity contribution in [3.63, 3.8) is 0 Å². The van der Waals surface area contributed by atoms with E-state index in [4.69, 9.17) is 5.11 Å². The van der Waals surface area contributed by atoms with E-state index in [1.807, 2.05) is 0 Å². The fourth-order valence-electron chi connectivity index (χ4n) is 1.87. The van der Waals surface area contributed by atoms with Gasteiger partial charge in [0.2, 0.25) is 0 Å². The third-order valence-electron chi connectivity index (χ3n) is 2.74. The molecule has 0 radical (unpaired) electrons. The SMILES string of the molecule is CC1CCN(c2cc(C(=O)O)ccn2)C1. The summed E-state index contributed by atoms with van der Waals surface area (Å²) in [5.41, 5.74) is 0.305. The monoisotopic (exact) mass is 206 g/mol. The Morgan fingerprint density at radius 3 is 3.07 bits per heavy atom. The first-order valence-corrected chi connectivity index (χ1v) is 5.11. The fourth-order valence-corrected chi connectivity index (χ4v) is 1.87. The van der Waals surface area contributed by atoms with E-state index in [9.17, 15) is 4.79 Å². The number of rotatable bonds is 2. The van der Waals surface area contributed by atoms with Crippen molar-refractivity contribution in [3.05, 3.63) is 23.9 Å². The van der Waals surface area contributed by atoms with Gasteiger partial charge in [-0.15, -0.1) is 0 Å². The van der Waals surface area contributed by atoms with Gasteiger partial charge >= 0.3 is 5.97 Å². The van der Waals surface area contributed by atoms with Crippen molar-refractivity contribution in [2.45, 2.75) is 13.3 Å². The minimum atomic E-state index is -0.897. The zero-order valence-electron chi connectivity index (χ0n) is 8.68. The maximum Gasteiger partial charge on any atom is 0.335 e. The van der Waals surface area contributed by atoms with E-state index in [1.54, 1.807) is 12.3 Å². The van der Waals surface area contributed by atoms with Crippen LogP contribution in [0.5, 0.6) is 0 Å². The largest absolute Gasteiger partial charge is 0.478 e. The molecule has 0 aromatic carbocycles. The lowest BCUT2D eigenvalue weighted by atomic mass is 10.2. The van der Waals surface area contributed by atoms with Crippen molar-refractivity contribution in [1.82, 2.24) is 4.98 Å². The predicted octanol–water partition coefficient (Wildman–Crippen LogP) is 1.63. The van der Waals surface area contributed by atoms with E-state index < -0.39 is 5.97 Å². The summed E-state index contributed by atoms with van der Waals surface area (Å²) in [6, 6.07) is 3.16. The summed E-state index contributed by atoms with van der Waals surface area (Å²) >= 11 is 0. The Hall–Kier alpha value is -1.58. The molecule has 1 atom stereocenters. The molecular weight excluding hydrogens is 192 g/mol. The van der Waals surface area contributed by atoms with Crippen LogP contribution >= 0.6 is 0 Å². The number of anilines is 1. The van der Waals surface area contributed by atoms with Crippen LogP contribution in [0.25, 0.3) is 0 Å². The Kier molecular flexibility index (Phi) is 2.58. The van der Waals surface area contributed by atoms with Gasteiger partial charge in [-0.25, -0.2) is 9.78 Å². The van der Waals surface area contributed by atoms with Gasteiger partial charge in [-0.2, -0.15) is 0 Å².